The molecule has 0 bridgehead atoms. The van der Waals surface area contributed by atoms with Crippen LogP contribution in [-0.2, 0) is 29.9 Å². The lowest BCUT2D eigenvalue weighted by atomic mass is 10.0. The zero-order valence-corrected chi connectivity index (χ0v) is 23.1. The molecule has 3 heterocycles. The van der Waals surface area contributed by atoms with Crippen LogP contribution in [0.1, 0.15) is 17.5 Å². The molecule has 0 saturated carbocycles. The molecule has 0 fully saturated rings. The number of rotatable bonds is 8. The van der Waals surface area contributed by atoms with Crippen LogP contribution in [0.25, 0.3) is 22.3 Å². The summed E-state index contributed by atoms with van der Waals surface area (Å²) >= 11 is 1.73. The van der Waals surface area contributed by atoms with E-state index in [1.165, 1.54) is 9.87 Å². The first-order chi connectivity index (χ1) is 17.8. The van der Waals surface area contributed by atoms with Gasteiger partial charge in [0.25, 0.3) is 0 Å². The Hall–Kier alpha value is -2.79. The number of hydrogen-bond acceptors (Lipinski definition) is 7. The van der Waals surface area contributed by atoms with Crippen LogP contribution >= 0.6 is 11.8 Å². The van der Waals surface area contributed by atoms with E-state index in [0.29, 0.717) is 4.90 Å². The summed E-state index contributed by atoms with van der Waals surface area (Å²) in [5.74, 6) is 1.82. The van der Waals surface area contributed by atoms with Crippen LogP contribution in [0.2, 0.25) is 0 Å². The molecule has 1 aliphatic rings. The van der Waals surface area contributed by atoms with Crippen molar-refractivity contribution in [1.29, 1.82) is 0 Å². The van der Waals surface area contributed by atoms with E-state index in [4.69, 9.17) is 0 Å². The van der Waals surface area contributed by atoms with E-state index in [1.807, 2.05) is 37.4 Å². The van der Waals surface area contributed by atoms with E-state index < -0.39 is 10.0 Å². The highest BCUT2D eigenvalue weighted by Crippen LogP contribution is 2.26. The Morgan fingerprint density at radius 2 is 1.81 bits per heavy atom. The largest absolute Gasteiger partial charge is 0.305 e. The third-order valence-corrected chi connectivity index (χ3v) is 9.81. The number of thioether (sulfide) groups is 1. The normalized spacial score (nSPS) is 14.7. The molecule has 1 aliphatic heterocycles. The van der Waals surface area contributed by atoms with Crippen LogP contribution in [-0.4, -0.2) is 76.9 Å². The molecule has 5 rings (SSSR count). The summed E-state index contributed by atoms with van der Waals surface area (Å²) in [7, 11) is 1.75. The van der Waals surface area contributed by atoms with Gasteiger partial charge < -0.3 is 9.47 Å². The first-order valence-corrected chi connectivity index (χ1v) is 14.9. The molecule has 37 heavy (non-hydrogen) atoms. The number of benzene rings is 2. The zero-order valence-electron chi connectivity index (χ0n) is 21.5. The first kappa shape index (κ1) is 25.8. The summed E-state index contributed by atoms with van der Waals surface area (Å²) in [6.07, 6.45) is 4.66. The highest BCUT2D eigenvalue weighted by molar-refractivity contribution is 7.99. The van der Waals surface area contributed by atoms with Crippen molar-refractivity contribution in [3.8, 4) is 11.4 Å². The number of pyridine rings is 1. The van der Waals surface area contributed by atoms with Gasteiger partial charge in [-0.2, -0.15) is 0 Å². The van der Waals surface area contributed by atoms with E-state index in [1.54, 1.807) is 38.1 Å². The van der Waals surface area contributed by atoms with Crippen LogP contribution in [0.4, 0.5) is 0 Å². The van der Waals surface area contributed by atoms with Crippen molar-refractivity contribution in [3.63, 3.8) is 0 Å². The summed E-state index contributed by atoms with van der Waals surface area (Å²) in [5, 5.41) is 10.9. The minimum atomic E-state index is -3.41. The second-order valence-electron chi connectivity index (χ2n) is 9.54. The van der Waals surface area contributed by atoms with Gasteiger partial charge in [0.2, 0.25) is 10.0 Å². The third kappa shape index (κ3) is 5.57. The van der Waals surface area contributed by atoms with Gasteiger partial charge in [0, 0.05) is 57.1 Å². The second-order valence-corrected chi connectivity index (χ2v) is 12.8. The average molecular weight is 537 g/mol. The minimum absolute atomic E-state index is 0.379. The van der Waals surface area contributed by atoms with Gasteiger partial charge in [-0.1, -0.05) is 23.9 Å². The van der Waals surface area contributed by atoms with E-state index in [0.717, 1.165) is 77.7 Å². The van der Waals surface area contributed by atoms with Crippen molar-refractivity contribution in [1.82, 2.24) is 29.0 Å². The van der Waals surface area contributed by atoms with Crippen LogP contribution in [0.3, 0.4) is 0 Å². The molecular formula is C27H32N6O2S2. The Kier molecular flexibility index (Phi) is 7.62. The number of fused-ring (bicyclic) bond motifs is 2. The monoisotopic (exact) mass is 536 g/mol. The van der Waals surface area contributed by atoms with Gasteiger partial charge in [0.15, 0.2) is 11.0 Å². The van der Waals surface area contributed by atoms with Gasteiger partial charge in [-0.15, -0.1) is 10.2 Å². The van der Waals surface area contributed by atoms with Gasteiger partial charge in [-0.3, -0.25) is 4.98 Å². The van der Waals surface area contributed by atoms with Crippen molar-refractivity contribution in [2.75, 3.05) is 39.5 Å². The summed E-state index contributed by atoms with van der Waals surface area (Å²) in [5.41, 5.74) is 4.41. The highest BCUT2D eigenvalue weighted by atomic mass is 32.2. The molecule has 0 saturated heterocycles. The summed E-state index contributed by atoms with van der Waals surface area (Å²) in [6, 6.07) is 15.8. The van der Waals surface area contributed by atoms with Gasteiger partial charge in [-0.05, 0) is 73.3 Å². The maximum atomic E-state index is 12.5. The smallest absolute Gasteiger partial charge is 0.242 e. The summed E-state index contributed by atoms with van der Waals surface area (Å²) in [4.78, 5) is 7.25. The second kappa shape index (κ2) is 10.9. The summed E-state index contributed by atoms with van der Waals surface area (Å²) < 4.78 is 28.4. The van der Waals surface area contributed by atoms with Crippen molar-refractivity contribution < 1.29 is 8.42 Å². The first-order valence-electron chi connectivity index (χ1n) is 12.5. The fourth-order valence-corrected chi connectivity index (χ4v) is 6.49. The number of aromatic nitrogens is 4. The van der Waals surface area contributed by atoms with Crippen LogP contribution in [0.15, 0.2) is 64.8 Å². The van der Waals surface area contributed by atoms with Crippen molar-refractivity contribution in [2.24, 2.45) is 7.05 Å². The average Bonchev–Trinajstić information content (AvgIpc) is 3.14. The predicted molar refractivity (Wildman–Crippen MR) is 148 cm³/mol. The lowest BCUT2D eigenvalue weighted by Gasteiger charge is -2.19. The lowest BCUT2D eigenvalue weighted by Crippen LogP contribution is -2.27. The van der Waals surface area contributed by atoms with E-state index in [2.05, 4.69) is 36.8 Å². The SMILES string of the molecule is CN(C)S(=O)(=O)c1ccc2c(c1)CCN(CCCSc1nnc(-c3ccc4ncccc4c3)n1C)CC2. The van der Waals surface area contributed by atoms with E-state index >= 15 is 0 Å². The predicted octanol–water partition coefficient (Wildman–Crippen LogP) is 3.86. The maximum absolute atomic E-state index is 12.5. The standard InChI is InChI=1S/C27H32N6O2S2/c1-31(2)37(34,35)24-9-7-20-11-15-33(16-12-21(20)19-24)14-5-17-36-27-30-29-26(32(27)3)23-8-10-25-22(18-23)6-4-13-28-25/h4,6-10,13,18-19H,5,11-12,14-17H2,1-3H3. The van der Waals surface area contributed by atoms with Crippen molar-refractivity contribution in [3.05, 3.63) is 65.9 Å². The topological polar surface area (TPSA) is 84.2 Å². The maximum Gasteiger partial charge on any atom is 0.242 e. The van der Waals surface area contributed by atoms with Crippen LogP contribution in [0, 0.1) is 0 Å². The molecule has 0 aliphatic carbocycles. The molecule has 0 N–H and O–H groups in total. The van der Waals surface area contributed by atoms with Crippen molar-refractivity contribution in [2.45, 2.75) is 29.3 Å². The fourth-order valence-electron chi connectivity index (χ4n) is 4.70. The fraction of sp³-hybridized carbons (Fsp3) is 0.370. The Bertz CT molecular complexity index is 1520. The number of nitrogens with zero attached hydrogens (tertiary/aromatic N) is 6. The molecule has 2 aromatic carbocycles. The zero-order chi connectivity index (χ0) is 26.0. The summed E-state index contributed by atoms with van der Waals surface area (Å²) in [6.45, 7) is 2.93. The molecule has 2 aromatic heterocycles. The van der Waals surface area contributed by atoms with Crippen LogP contribution in [0.5, 0.6) is 0 Å². The molecule has 0 spiro atoms. The lowest BCUT2D eigenvalue weighted by molar-refractivity contribution is 0.289. The molecule has 0 radical (unpaired) electrons. The Morgan fingerprint density at radius 3 is 2.62 bits per heavy atom. The molecule has 194 valence electrons. The molecule has 0 unspecified atom stereocenters. The van der Waals surface area contributed by atoms with Crippen LogP contribution < -0.4 is 0 Å². The molecule has 10 heteroatoms. The molecule has 4 aromatic rings. The van der Waals surface area contributed by atoms with E-state index in [9.17, 15) is 8.42 Å². The molecule has 0 amide bonds. The van der Waals surface area contributed by atoms with Gasteiger partial charge in [0.05, 0.1) is 10.4 Å². The third-order valence-electron chi connectivity index (χ3n) is 6.90. The molecular weight excluding hydrogens is 504 g/mol. The van der Waals surface area contributed by atoms with Crippen molar-refractivity contribution >= 4 is 32.7 Å². The Labute approximate surface area is 222 Å². The molecule has 8 nitrogen and oxygen atoms in total. The number of sulfonamides is 1. The number of hydrogen-bond donors (Lipinski definition) is 0. The minimum Gasteiger partial charge on any atom is -0.305 e. The quantitative estimate of drug-likeness (QED) is 0.250. The van der Waals surface area contributed by atoms with E-state index in [-0.39, 0.29) is 0 Å². The van der Waals surface area contributed by atoms with Gasteiger partial charge in [0.1, 0.15) is 0 Å². The molecule has 0 atom stereocenters. The Morgan fingerprint density at radius 1 is 1.00 bits per heavy atom. The Balaban J connectivity index is 1.15. The highest BCUT2D eigenvalue weighted by Gasteiger charge is 2.21. The van der Waals surface area contributed by atoms with Gasteiger partial charge in [-0.25, -0.2) is 12.7 Å². The van der Waals surface area contributed by atoms with Gasteiger partial charge >= 0.3 is 0 Å².